The first-order valence-electron chi connectivity index (χ1n) is 23.5. The number of hydrogen-bond acceptors (Lipinski definition) is 7. The van der Waals surface area contributed by atoms with Crippen LogP contribution in [0, 0.1) is 0 Å². The van der Waals surface area contributed by atoms with E-state index < -0.39 is 26.5 Å². The number of nitrogens with one attached hydrogen (secondary N) is 1. The zero-order valence-electron chi connectivity index (χ0n) is 36.2. The van der Waals surface area contributed by atoms with Gasteiger partial charge in [-0.15, -0.1) is 0 Å². The highest BCUT2D eigenvalue weighted by atomic mass is 31.2. The van der Waals surface area contributed by atoms with Gasteiger partial charge < -0.3 is 20.1 Å². The van der Waals surface area contributed by atoms with Crippen LogP contribution in [0.3, 0.4) is 0 Å². The first kappa shape index (κ1) is 54.0. The van der Waals surface area contributed by atoms with Gasteiger partial charge in [0, 0.05) is 19.4 Å². The summed E-state index contributed by atoms with van der Waals surface area (Å²) in [4.78, 5) is 33.9. The maximum absolute atomic E-state index is 12.1. The fourth-order valence-electron chi connectivity index (χ4n) is 6.97. The van der Waals surface area contributed by atoms with E-state index in [1.54, 1.807) is 0 Å². The molecule has 0 spiro atoms. The molecule has 0 bridgehead atoms. The highest BCUT2D eigenvalue weighted by Crippen LogP contribution is 2.42. The van der Waals surface area contributed by atoms with Crippen LogP contribution in [-0.2, 0) is 27.9 Å². The van der Waals surface area contributed by atoms with Crippen molar-refractivity contribution in [2.24, 2.45) is 0 Å². The summed E-state index contributed by atoms with van der Waals surface area (Å²) >= 11 is 0. The molecule has 0 aromatic rings. The number of rotatable bonds is 45. The van der Waals surface area contributed by atoms with Gasteiger partial charge in [-0.3, -0.25) is 18.6 Å². The first-order chi connectivity index (χ1) is 26.8. The summed E-state index contributed by atoms with van der Waals surface area (Å²) in [6, 6.07) is 0. The zero-order valence-corrected chi connectivity index (χ0v) is 37.0. The topological polar surface area (TPSA) is 131 Å². The van der Waals surface area contributed by atoms with Gasteiger partial charge >= 0.3 is 13.8 Å². The lowest BCUT2D eigenvalue weighted by Gasteiger charge is -2.15. The third-order valence-corrected chi connectivity index (χ3v) is 11.5. The molecule has 10 heteroatoms. The van der Waals surface area contributed by atoms with Crippen LogP contribution in [0.2, 0.25) is 0 Å². The SMILES string of the molecule is CCCCCCCCCCCCCCCCCCCCCCCC(=O)OCC(O)COP(=O)(O)OCCNC(=O)CCCCCCCCCCCCCCC. The number of phosphoric ester groups is 1. The van der Waals surface area contributed by atoms with Crippen molar-refractivity contribution in [3.8, 4) is 0 Å². The van der Waals surface area contributed by atoms with E-state index >= 15 is 0 Å². The third kappa shape index (κ3) is 44.0. The number of ether oxygens (including phenoxy) is 1. The lowest BCUT2D eigenvalue weighted by Crippen LogP contribution is -2.27. The van der Waals surface area contributed by atoms with Crippen molar-refractivity contribution < 1.29 is 37.9 Å². The monoisotopic (exact) mass is 804 g/mol. The first-order valence-corrected chi connectivity index (χ1v) is 25.0. The number of amides is 1. The Morgan fingerprint density at radius 2 is 0.818 bits per heavy atom. The van der Waals surface area contributed by atoms with Crippen LogP contribution >= 0.6 is 7.82 Å². The Morgan fingerprint density at radius 1 is 0.491 bits per heavy atom. The van der Waals surface area contributed by atoms with Gasteiger partial charge in [0.15, 0.2) is 0 Å². The van der Waals surface area contributed by atoms with Crippen LogP contribution in [0.5, 0.6) is 0 Å². The highest BCUT2D eigenvalue weighted by molar-refractivity contribution is 7.47. The molecular weight excluding hydrogens is 713 g/mol. The van der Waals surface area contributed by atoms with Crippen LogP contribution in [-0.4, -0.2) is 54.3 Å². The Kier molecular flexibility index (Phi) is 41.8. The molecule has 0 heterocycles. The Bertz CT molecular complexity index is 876. The maximum Gasteiger partial charge on any atom is 0.472 e. The largest absolute Gasteiger partial charge is 0.472 e. The number of esters is 1. The molecule has 0 aromatic carbocycles. The normalized spacial score (nSPS) is 13.2. The van der Waals surface area contributed by atoms with E-state index in [-0.39, 0.29) is 25.7 Å². The van der Waals surface area contributed by atoms with Crippen molar-refractivity contribution in [2.45, 2.75) is 251 Å². The van der Waals surface area contributed by atoms with Crippen molar-refractivity contribution in [2.75, 3.05) is 26.4 Å². The summed E-state index contributed by atoms with van der Waals surface area (Å²) < 4.78 is 26.9. The highest BCUT2D eigenvalue weighted by Gasteiger charge is 2.23. The molecular formula is C45H90NO8P. The number of carbonyl (C=O) groups excluding carboxylic acids is 2. The van der Waals surface area contributed by atoms with Crippen LogP contribution < -0.4 is 5.32 Å². The summed E-state index contributed by atoms with van der Waals surface area (Å²) in [6.07, 6.45) is 43.2. The number of phosphoric acid groups is 1. The lowest BCUT2D eigenvalue weighted by molar-refractivity contribution is -0.147. The summed E-state index contributed by atoms with van der Waals surface area (Å²) in [7, 11) is -4.41. The van der Waals surface area contributed by atoms with Crippen LogP contribution in [0.15, 0.2) is 0 Å². The predicted molar refractivity (Wildman–Crippen MR) is 229 cm³/mol. The van der Waals surface area contributed by atoms with Crippen molar-refractivity contribution in [3.05, 3.63) is 0 Å². The molecule has 0 fully saturated rings. The molecule has 2 unspecified atom stereocenters. The van der Waals surface area contributed by atoms with E-state index in [0.29, 0.717) is 12.8 Å². The Hall–Kier alpha value is -0.990. The molecule has 0 aromatic heterocycles. The van der Waals surface area contributed by atoms with Gasteiger partial charge in [-0.2, -0.15) is 0 Å². The molecule has 55 heavy (non-hydrogen) atoms. The van der Waals surface area contributed by atoms with Crippen LogP contribution in [0.1, 0.15) is 245 Å². The quantitative estimate of drug-likeness (QED) is 0.0315. The van der Waals surface area contributed by atoms with Crippen molar-refractivity contribution in [3.63, 3.8) is 0 Å². The number of carbonyl (C=O) groups is 2. The molecule has 0 rings (SSSR count). The summed E-state index contributed by atoms with van der Waals surface area (Å²) in [5.74, 6) is -0.502. The number of hydrogen-bond donors (Lipinski definition) is 3. The summed E-state index contributed by atoms with van der Waals surface area (Å²) in [5, 5.41) is 12.7. The van der Waals surface area contributed by atoms with E-state index in [2.05, 4.69) is 19.2 Å². The number of unbranched alkanes of at least 4 members (excludes halogenated alkanes) is 32. The second kappa shape index (κ2) is 42.6. The smallest absolute Gasteiger partial charge is 0.463 e. The maximum atomic E-state index is 12.1. The number of aliphatic hydroxyl groups excluding tert-OH is 1. The van der Waals surface area contributed by atoms with Gasteiger partial charge in [0.2, 0.25) is 5.91 Å². The molecule has 0 aliphatic rings. The van der Waals surface area contributed by atoms with Crippen LogP contribution in [0.25, 0.3) is 0 Å². The van der Waals surface area contributed by atoms with E-state index in [0.717, 1.165) is 38.5 Å². The zero-order chi connectivity index (χ0) is 40.3. The molecule has 3 N–H and O–H groups in total. The van der Waals surface area contributed by atoms with Gasteiger partial charge in [0.25, 0.3) is 0 Å². The van der Waals surface area contributed by atoms with Gasteiger partial charge in [0.1, 0.15) is 12.7 Å². The predicted octanol–water partition coefficient (Wildman–Crippen LogP) is 13.2. The second-order valence-electron chi connectivity index (χ2n) is 16.1. The molecule has 9 nitrogen and oxygen atoms in total. The van der Waals surface area contributed by atoms with Gasteiger partial charge in [-0.05, 0) is 12.8 Å². The second-order valence-corrected chi connectivity index (χ2v) is 17.6. The Balaban J connectivity index is 3.51. The minimum Gasteiger partial charge on any atom is -0.463 e. The minimum absolute atomic E-state index is 0.0882. The van der Waals surface area contributed by atoms with E-state index in [1.165, 1.54) is 180 Å². The van der Waals surface area contributed by atoms with Gasteiger partial charge in [-0.1, -0.05) is 219 Å². The van der Waals surface area contributed by atoms with Crippen molar-refractivity contribution >= 4 is 19.7 Å². The average Bonchev–Trinajstić information content (AvgIpc) is 3.17. The molecule has 0 aliphatic heterocycles. The average molecular weight is 804 g/mol. The summed E-state index contributed by atoms with van der Waals surface area (Å²) in [5.41, 5.74) is 0. The minimum atomic E-state index is -4.41. The van der Waals surface area contributed by atoms with E-state index in [9.17, 15) is 24.2 Å². The molecule has 0 aliphatic carbocycles. The molecule has 0 saturated carbocycles. The Morgan fingerprint density at radius 3 is 1.18 bits per heavy atom. The van der Waals surface area contributed by atoms with Crippen molar-refractivity contribution in [1.29, 1.82) is 0 Å². The molecule has 0 saturated heterocycles. The standard InChI is InChI=1S/C45H90NO8P/c1-3-5-7-9-11-13-15-17-18-19-20-21-22-23-24-26-28-30-32-34-36-38-45(49)52-41-43(47)42-54-55(50,51)53-40-39-46-44(48)37-35-33-31-29-27-25-16-14-12-10-8-6-4-2/h43,47H,3-42H2,1-2H3,(H,46,48)(H,50,51). The van der Waals surface area contributed by atoms with Gasteiger partial charge in [0.05, 0.1) is 13.2 Å². The summed E-state index contributed by atoms with van der Waals surface area (Å²) in [6.45, 7) is 3.60. The fourth-order valence-corrected chi connectivity index (χ4v) is 7.73. The van der Waals surface area contributed by atoms with Gasteiger partial charge in [-0.25, -0.2) is 4.57 Å². The third-order valence-electron chi connectivity index (χ3n) is 10.5. The van der Waals surface area contributed by atoms with Crippen molar-refractivity contribution in [1.82, 2.24) is 5.32 Å². The molecule has 1 amide bonds. The Labute approximate surface area is 339 Å². The fraction of sp³-hybridized carbons (Fsp3) is 0.956. The molecule has 2 atom stereocenters. The molecule has 0 radical (unpaired) electrons. The van der Waals surface area contributed by atoms with Crippen LogP contribution in [0.4, 0.5) is 0 Å². The lowest BCUT2D eigenvalue weighted by atomic mass is 10.0. The van der Waals surface area contributed by atoms with E-state index in [4.69, 9.17) is 13.8 Å². The number of aliphatic hydroxyl groups is 1. The molecule has 328 valence electrons. The van der Waals surface area contributed by atoms with E-state index in [1.807, 2.05) is 0 Å².